The fraction of sp³-hybridized carbons (Fsp3) is 0.455. The van der Waals surface area contributed by atoms with Gasteiger partial charge in [-0.3, -0.25) is 4.79 Å². The van der Waals surface area contributed by atoms with Gasteiger partial charge >= 0.3 is 5.97 Å². The van der Waals surface area contributed by atoms with Gasteiger partial charge in [0.15, 0.2) is 6.10 Å². The highest BCUT2D eigenvalue weighted by Gasteiger charge is 2.28. The van der Waals surface area contributed by atoms with Crippen molar-refractivity contribution in [2.75, 3.05) is 11.9 Å². The molecule has 156 valence electrons. The molecule has 0 fully saturated rings. The van der Waals surface area contributed by atoms with E-state index in [4.69, 9.17) is 21.1 Å². The molecule has 0 aliphatic heterocycles. The summed E-state index contributed by atoms with van der Waals surface area (Å²) in [5, 5.41) is 4.00. The number of nitrogens with one attached hydrogen (secondary N) is 1. The normalized spacial score (nSPS) is 14.4. The van der Waals surface area contributed by atoms with E-state index < -0.39 is 6.10 Å². The van der Waals surface area contributed by atoms with Crippen molar-refractivity contribution in [3.8, 4) is 5.75 Å². The highest BCUT2D eigenvalue weighted by atomic mass is 35.5. The molecule has 0 radical (unpaired) electrons. The molecule has 1 aromatic heterocycles. The number of hydrogen-bond acceptors (Lipinski definition) is 5. The highest BCUT2D eigenvalue weighted by molar-refractivity contribution is 7.17. The van der Waals surface area contributed by atoms with Crippen molar-refractivity contribution in [3.63, 3.8) is 0 Å². The van der Waals surface area contributed by atoms with E-state index in [2.05, 4.69) is 5.32 Å². The number of anilines is 1. The van der Waals surface area contributed by atoms with Crippen LogP contribution in [0.15, 0.2) is 24.3 Å². The van der Waals surface area contributed by atoms with Gasteiger partial charge in [-0.2, -0.15) is 0 Å². The molecule has 7 heteroatoms. The molecule has 0 saturated carbocycles. The smallest absolute Gasteiger partial charge is 0.341 e. The Kier molecular flexibility index (Phi) is 7.56. The van der Waals surface area contributed by atoms with Crippen molar-refractivity contribution >= 4 is 39.8 Å². The molecule has 0 bridgehead atoms. The van der Waals surface area contributed by atoms with E-state index in [1.54, 1.807) is 31.2 Å². The summed E-state index contributed by atoms with van der Waals surface area (Å²) in [5.41, 5.74) is 1.55. The van der Waals surface area contributed by atoms with Crippen molar-refractivity contribution in [2.45, 2.75) is 58.5 Å². The van der Waals surface area contributed by atoms with Crippen molar-refractivity contribution in [2.24, 2.45) is 0 Å². The predicted octanol–water partition coefficient (Wildman–Crippen LogP) is 5.64. The monoisotopic (exact) mass is 435 g/mol. The van der Waals surface area contributed by atoms with Crippen LogP contribution in [-0.2, 0) is 22.4 Å². The van der Waals surface area contributed by atoms with Gasteiger partial charge in [0.05, 0.1) is 12.2 Å². The second-order valence-electron chi connectivity index (χ2n) is 7.11. The van der Waals surface area contributed by atoms with E-state index in [0.29, 0.717) is 27.9 Å². The number of rotatable bonds is 7. The number of ether oxygens (including phenoxy) is 2. The van der Waals surface area contributed by atoms with Crippen molar-refractivity contribution in [3.05, 3.63) is 45.3 Å². The summed E-state index contributed by atoms with van der Waals surface area (Å²) in [6.45, 7) is 3.99. The van der Waals surface area contributed by atoms with Crippen LogP contribution in [0.25, 0.3) is 0 Å². The number of carbonyl (C=O) groups is 2. The van der Waals surface area contributed by atoms with Crippen LogP contribution in [0.4, 0.5) is 5.00 Å². The van der Waals surface area contributed by atoms with E-state index >= 15 is 0 Å². The van der Waals surface area contributed by atoms with Crippen molar-refractivity contribution in [1.82, 2.24) is 0 Å². The topological polar surface area (TPSA) is 64.6 Å². The van der Waals surface area contributed by atoms with Gasteiger partial charge in [0.1, 0.15) is 10.8 Å². The number of esters is 1. The van der Waals surface area contributed by atoms with Crippen LogP contribution in [0.1, 0.15) is 60.3 Å². The Hall–Kier alpha value is -2.05. The average Bonchev–Trinajstić information content (AvgIpc) is 2.86. The van der Waals surface area contributed by atoms with Gasteiger partial charge in [0.2, 0.25) is 0 Å². The van der Waals surface area contributed by atoms with Gasteiger partial charge in [-0.1, -0.05) is 31.0 Å². The number of hydrogen-bond donors (Lipinski definition) is 1. The Bertz CT molecular complexity index is 880. The summed E-state index contributed by atoms with van der Waals surface area (Å²) >= 11 is 7.46. The van der Waals surface area contributed by atoms with Crippen molar-refractivity contribution < 1.29 is 19.1 Å². The second-order valence-corrected chi connectivity index (χ2v) is 8.65. The summed E-state index contributed by atoms with van der Waals surface area (Å²) < 4.78 is 11.1. The van der Waals surface area contributed by atoms with Gasteiger partial charge < -0.3 is 14.8 Å². The van der Waals surface area contributed by atoms with E-state index in [0.717, 1.165) is 44.1 Å². The quantitative estimate of drug-likeness (QED) is 0.451. The zero-order chi connectivity index (χ0) is 20.8. The molecule has 2 aromatic rings. The lowest BCUT2D eigenvalue weighted by Crippen LogP contribution is -2.30. The van der Waals surface area contributed by atoms with Gasteiger partial charge in [-0.15, -0.1) is 11.3 Å². The lowest BCUT2D eigenvalue weighted by Gasteiger charge is -2.15. The SMILES string of the molecule is CCCOC(=O)c1c(NC(=O)[C@@H](C)Oc2cccc(Cl)c2)sc2c1CCCCC2. The minimum atomic E-state index is -0.741. The number of amides is 1. The Morgan fingerprint density at radius 1 is 1.24 bits per heavy atom. The lowest BCUT2D eigenvalue weighted by atomic mass is 10.1. The molecule has 1 N–H and O–H groups in total. The lowest BCUT2D eigenvalue weighted by molar-refractivity contribution is -0.122. The van der Waals surface area contributed by atoms with Crippen LogP contribution in [0.5, 0.6) is 5.75 Å². The summed E-state index contributed by atoms with van der Waals surface area (Å²) in [5.74, 6) is -0.152. The predicted molar refractivity (Wildman–Crippen MR) is 116 cm³/mol. The molecule has 1 aliphatic rings. The molecule has 1 amide bonds. The third kappa shape index (κ3) is 5.52. The minimum absolute atomic E-state index is 0.314. The standard InChI is InChI=1S/C22H26ClNO4S/c1-3-12-27-22(26)19-17-10-5-4-6-11-18(17)29-21(19)24-20(25)14(2)28-16-9-7-8-15(23)13-16/h7-9,13-14H,3-6,10-12H2,1-2H3,(H,24,25)/t14-/m1/s1. The molecule has 1 aliphatic carbocycles. The minimum Gasteiger partial charge on any atom is -0.481 e. The first-order chi connectivity index (χ1) is 14.0. The molecule has 0 saturated heterocycles. The molecule has 1 atom stereocenters. The number of halogens is 1. The molecule has 0 spiro atoms. The zero-order valence-electron chi connectivity index (χ0n) is 16.8. The fourth-order valence-electron chi connectivity index (χ4n) is 3.33. The van der Waals surface area contributed by atoms with Crippen LogP contribution in [0, 0.1) is 0 Å². The highest BCUT2D eigenvalue weighted by Crippen LogP contribution is 2.38. The largest absolute Gasteiger partial charge is 0.481 e. The molecule has 1 heterocycles. The number of aryl methyl sites for hydroxylation is 1. The average molecular weight is 436 g/mol. The summed E-state index contributed by atoms with van der Waals surface area (Å²) in [4.78, 5) is 26.7. The molecular weight excluding hydrogens is 410 g/mol. The second kappa shape index (κ2) is 10.1. The first-order valence-electron chi connectivity index (χ1n) is 10.0. The van der Waals surface area contributed by atoms with Crippen LogP contribution in [0.2, 0.25) is 5.02 Å². The number of fused-ring (bicyclic) bond motifs is 1. The van der Waals surface area contributed by atoms with Gasteiger partial charge in [0.25, 0.3) is 5.91 Å². The van der Waals surface area contributed by atoms with E-state index in [-0.39, 0.29) is 11.9 Å². The summed E-state index contributed by atoms with van der Waals surface area (Å²) in [6, 6.07) is 6.91. The molecule has 5 nitrogen and oxygen atoms in total. The van der Waals surface area contributed by atoms with Gasteiger partial charge in [0, 0.05) is 9.90 Å². The Morgan fingerprint density at radius 3 is 2.79 bits per heavy atom. The maximum atomic E-state index is 12.8. The molecule has 0 unspecified atom stereocenters. The number of carbonyl (C=O) groups excluding carboxylic acids is 2. The maximum absolute atomic E-state index is 12.8. The first-order valence-corrected chi connectivity index (χ1v) is 11.2. The van der Waals surface area contributed by atoms with E-state index in [1.165, 1.54) is 16.2 Å². The third-order valence-electron chi connectivity index (χ3n) is 4.78. The molecule has 3 rings (SSSR count). The van der Waals surface area contributed by atoms with Crippen LogP contribution in [0.3, 0.4) is 0 Å². The van der Waals surface area contributed by atoms with Crippen LogP contribution >= 0.6 is 22.9 Å². The van der Waals surface area contributed by atoms with Crippen molar-refractivity contribution in [1.29, 1.82) is 0 Å². The fourth-order valence-corrected chi connectivity index (χ4v) is 4.79. The Balaban J connectivity index is 1.79. The van der Waals surface area contributed by atoms with E-state index in [1.807, 2.05) is 6.92 Å². The third-order valence-corrected chi connectivity index (χ3v) is 6.22. The maximum Gasteiger partial charge on any atom is 0.341 e. The zero-order valence-corrected chi connectivity index (χ0v) is 18.3. The molecule has 29 heavy (non-hydrogen) atoms. The van der Waals surface area contributed by atoms with E-state index in [9.17, 15) is 9.59 Å². The van der Waals surface area contributed by atoms with Gasteiger partial charge in [-0.05, 0) is 62.8 Å². The van der Waals surface area contributed by atoms with Gasteiger partial charge in [-0.25, -0.2) is 4.79 Å². The number of benzene rings is 1. The van der Waals surface area contributed by atoms with Crippen LogP contribution in [-0.4, -0.2) is 24.6 Å². The molecule has 1 aromatic carbocycles. The Morgan fingerprint density at radius 2 is 2.03 bits per heavy atom. The van der Waals surface area contributed by atoms with Crippen LogP contribution < -0.4 is 10.1 Å². The summed E-state index contributed by atoms with van der Waals surface area (Å²) in [6.07, 6.45) is 5.07. The Labute approximate surface area is 180 Å². The molecular formula is C22H26ClNO4S. The number of thiophene rings is 1. The first kappa shape index (κ1) is 21.7. The summed E-state index contributed by atoms with van der Waals surface area (Å²) in [7, 11) is 0.